The molecule has 0 aliphatic heterocycles. The Morgan fingerprint density at radius 1 is 0.490 bits per heavy atom. The fourth-order valence-electron chi connectivity index (χ4n) is 7.01. The molecule has 0 spiro atoms. The van der Waals surface area contributed by atoms with E-state index < -0.39 is 0 Å². The monoisotopic (exact) mass is 658 g/mol. The molecule has 0 atom stereocenters. The summed E-state index contributed by atoms with van der Waals surface area (Å²) in [6, 6.07) is 35.1. The number of carbonyl (C=O) groups is 2. The van der Waals surface area contributed by atoms with E-state index >= 15 is 0 Å². The Morgan fingerprint density at radius 2 is 0.898 bits per heavy atom. The second kappa shape index (κ2) is 18.3. The lowest BCUT2D eigenvalue weighted by molar-refractivity contribution is 0.0913. The van der Waals surface area contributed by atoms with Gasteiger partial charge in [0, 0.05) is 47.7 Å². The standard InChI is InChI=1S/C22H28N2O.C21H26N2O/c1-16-7-6-10-21(17(16)2)22(25)24-20-13-11-18(12-14-20)15-23-19-8-4-3-5-9-19;1-16-7-5-6-10-20(16)21(24)23-19-13-11-17(12-14-19)15-22-18-8-3-2-4-9-18/h3-10,18,20,23H,11-15H2,1-2H3,(H,24,25);2-10,17,19,22H,11-15H2,1H3,(H,23,24). The summed E-state index contributed by atoms with van der Waals surface area (Å²) in [5.41, 5.74) is 7.28. The van der Waals surface area contributed by atoms with Crippen LogP contribution in [-0.2, 0) is 0 Å². The van der Waals surface area contributed by atoms with E-state index in [9.17, 15) is 9.59 Å². The van der Waals surface area contributed by atoms with Crippen molar-refractivity contribution < 1.29 is 9.59 Å². The third kappa shape index (κ3) is 11.0. The van der Waals surface area contributed by atoms with Crippen LogP contribution in [0.2, 0.25) is 0 Å². The molecule has 6 rings (SSSR count). The zero-order valence-electron chi connectivity index (χ0n) is 29.5. The molecule has 258 valence electrons. The van der Waals surface area contributed by atoms with Crippen LogP contribution in [-0.4, -0.2) is 37.0 Å². The fourth-order valence-corrected chi connectivity index (χ4v) is 7.01. The van der Waals surface area contributed by atoms with Gasteiger partial charge in [0.25, 0.3) is 11.8 Å². The van der Waals surface area contributed by atoms with Gasteiger partial charge in [0.15, 0.2) is 0 Å². The minimum Gasteiger partial charge on any atom is -0.385 e. The summed E-state index contributed by atoms with van der Waals surface area (Å²) in [5.74, 6) is 1.52. The number of rotatable bonds is 10. The van der Waals surface area contributed by atoms with Crippen LogP contribution in [0, 0.1) is 32.6 Å². The molecule has 2 aliphatic rings. The first-order valence-corrected chi connectivity index (χ1v) is 18.2. The van der Waals surface area contributed by atoms with Crippen LogP contribution in [0.1, 0.15) is 88.8 Å². The third-order valence-electron chi connectivity index (χ3n) is 10.3. The van der Waals surface area contributed by atoms with Gasteiger partial charge < -0.3 is 21.3 Å². The van der Waals surface area contributed by atoms with Gasteiger partial charge in [-0.1, -0.05) is 66.7 Å². The number of nitrogens with one attached hydrogen (secondary N) is 4. The number of amides is 2. The second-order valence-corrected chi connectivity index (χ2v) is 13.9. The summed E-state index contributed by atoms with van der Waals surface area (Å²) in [4.78, 5) is 25.0. The van der Waals surface area contributed by atoms with Crippen molar-refractivity contribution in [3.8, 4) is 0 Å². The maximum Gasteiger partial charge on any atom is 0.251 e. The van der Waals surface area contributed by atoms with E-state index in [4.69, 9.17) is 0 Å². The van der Waals surface area contributed by atoms with Crippen molar-refractivity contribution in [2.24, 2.45) is 11.8 Å². The number of hydrogen-bond donors (Lipinski definition) is 4. The molecule has 0 aromatic heterocycles. The second-order valence-electron chi connectivity index (χ2n) is 13.9. The summed E-state index contributed by atoms with van der Waals surface area (Å²) in [7, 11) is 0. The van der Waals surface area contributed by atoms with Crippen molar-refractivity contribution in [3.63, 3.8) is 0 Å². The summed E-state index contributed by atoms with van der Waals surface area (Å²) in [6.07, 6.45) is 8.93. The number of para-hydroxylation sites is 2. The van der Waals surface area contributed by atoms with Gasteiger partial charge in [0.05, 0.1) is 0 Å². The van der Waals surface area contributed by atoms with E-state index in [2.05, 4.69) is 82.8 Å². The van der Waals surface area contributed by atoms with Crippen molar-refractivity contribution in [2.45, 2.75) is 84.2 Å². The molecule has 49 heavy (non-hydrogen) atoms. The highest BCUT2D eigenvalue weighted by atomic mass is 16.2. The van der Waals surface area contributed by atoms with E-state index in [-0.39, 0.29) is 11.8 Å². The van der Waals surface area contributed by atoms with Crippen molar-refractivity contribution >= 4 is 23.2 Å². The van der Waals surface area contributed by atoms with E-state index in [1.165, 1.54) is 29.8 Å². The third-order valence-corrected chi connectivity index (χ3v) is 10.3. The molecule has 2 amide bonds. The van der Waals surface area contributed by atoms with Gasteiger partial charge in [0.1, 0.15) is 0 Å². The molecule has 4 N–H and O–H groups in total. The molecule has 2 fully saturated rings. The number of aryl methyl sites for hydroxylation is 2. The quantitative estimate of drug-likeness (QED) is 0.137. The Kier molecular flexibility index (Phi) is 13.3. The van der Waals surface area contributed by atoms with Crippen molar-refractivity contribution in [1.82, 2.24) is 10.6 Å². The van der Waals surface area contributed by atoms with Gasteiger partial charge in [-0.25, -0.2) is 0 Å². The molecular formula is C43H54N4O2. The fraction of sp³-hybridized carbons (Fsp3) is 0.395. The molecule has 4 aromatic rings. The minimum atomic E-state index is 0.0685. The van der Waals surface area contributed by atoms with Gasteiger partial charge in [0.2, 0.25) is 0 Å². The largest absolute Gasteiger partial charge is 0.385 e. The topological polar surface area (TPSA) is 82.3 Å². The summed E-state index contributed by atoms with van der Waals surface area (Å²) in [5, 5.41) is 13.5. The highest BCUT2D eigenvalue weighted by Crippen LogP contribution is 2.27. The number of carbonyl (C=O) groups excluding carboxylic acids is 2. The minimum absolute atomic E-state index is 0.0685. The van der Waals surface area contributed by atoms with Crippen LogP contribution >= 0.6 is 0 Å². The first-order chi connectivity index (χ1) is 23.9. The summed E-state index contributed by atoms with van der Waals surface area (Å²) < 4.78 is 0. The molecule has 2 aliphatic carbocycles. The summed E-state index contributed by atoms with van der Waals surface area (Å²) >= 11 is 0. The Morgan fingerprint density at radius 3 is 1.39 bits per heavy atom. The maximum absolute atomic E-state index is 12.6. The lowest BCUT2D eigenvalue weighted by atomic mass is 9.85. The van der Waals surface area contributed by atoms with E-state index in [1.54, 1.807) is 0 Å². The van der Waals surface area contributed by atoms with Crippen LogP contribution < -0.4 is 21.3 Å². The first kappa shape index (κ1) is 35.7. The van der Waals surface area contributed by atoms with E-state index in [0.29, 0.717) is 23.9 Å². The predicted octanol–water partition coefficient (Wildman–Crippen LogP) is 9.10. The Bertz CT molecular complexity index is 1610. The highest BCUT2D eigenvalue weighted by Gasteiger charge is 2.24. The van der Waals surface area contributed by atoms with Crippen molar-refractivity contribution in [3.05, 3.63) is 131 Å². The van der Waals surface area contributed by atoms with Crippen LogP contribution in [0.15, 0.2) is 103 Å². The van der Waals surface area contributed by atoms with Gasteiger partial charge in [-0.2, -0.15) is 0 Å². The van der Waals surface area contributed by atoms with Crippen LogP contribution in [0.25, 0.3) is 0 Å². The van der Waals surface area contributed by atoms with E-state index in [1.807, 2.05) is 62.4 Å². The lowest BCUT2D eigenvalue weighted by Gasteiger charge is -2.29. The van der Waals surface area contributed by atoms with Gasteiger partial charge in [-0.3, -0.25) is 9.59 Å². The zero-order chi connectivity index (χ0) is 34.4. The normalized spacial score (nSPS) is 20.2. The molecule has 0 heterocycles. The molecular weight excluding hydrogens is 604 g/mol. The Hall–Kier alpha value is -4.58. The molecule has 6 nitrogen and oxygen atoms in total. The van der Waals surface area contributed by atoms with Crippen LogP contribution in [0.5, 0.6) is 0 Å². The number of anilines is 2. The molecule has 0 radical (unpaired) electrons. The Balaban J connectivity index is 0.000000191. The molecule has 0 unspecified atom stereocenters. The highest BCUT2D eigenvalue weighted by molar-refractivity contribution is 5.96. The molecule has 6 heteroatoms. The van der Waals surface area contributed by atoms with Gasteiger partial charge in [-0.05, 0) is 137 Å². The summed E-state index contributed by atoms with van der Waals surface area (Å²) in [6.45, 7) is 8.10. The number of hydrogen-bond acceptors (Lipinski definition) is 4. The lowest BCUT2D eigenvalue weighted by Crippen LogP contribution is -2.38. The zero-order valence-corrected chi connectivity index (χ0v) is 29.5. The first-order valence-electron chi connectivity index (χ1n) is 18.2. The SMILES string of the molecule is Cc1cccc(C(=O)NC2CCC(CNc3ccccc3)CC2)c1C.Cc1ccccc1C(=O)NC1CCC(CNc2ccccc2)CC1. The van der Waals surface area contributed by atoms with Gasteiger partial charge in [-0.15, -0.1) is 0 Å². The van der Waals surface area contributed by atoms with Crippen LogP contribution in [0.4, 0.5) is 11.4 Å². The Labute approximate surface area is 293 Å². The molecule has 2 saturated carbocycles. The van der Waals surface area contributed by atoms with E-state index in [0.717, 1.165) is 73.9 Å². The predicted molar refractivity (Wildman–Crippen MR) is 203 cm³/mol. The molecule has 4 aromatic carbocycles. The van der Waals surface area contributed by atoms with Crippen LogP contribution in [0.3, 0.4) is 0 Å². The van der Waals surface area contributed by atoms with Gasteiger partial charge >= 0.3 is 0 Å². The maximum atomic E-state index is 12.6. The smallest absolute Gasteiger partial charge is 0.251 e. The average molecular weight is 659 g/mol. The number of benzene rings is 4. The van der Waals surface area contributed by atoms with Crippen molar-refractivity contribution in [1.29, 1.82) is 0 Å². The molecule has 0 saturated heterocycles. The van der Waals surface area contributed by atoms with Crippen molar-refractivity contribution in [2.75, 3.05) is 23.7 Å². The molecule has 0 bridgehead atoms. The average Bonchev–Trinajstić information content (AvgIpc) is 3.13.